The van der Waals surface area contributed by atoms with Crippen LogP contribution in [0.15, 0.2) is 66.7 Å². The third-order valence-corrected chi connectivity index (χ3v) is 10.7. The zero-order valence-electron chi connectivity index (χ0n) is 31.4. The van der Waals surface area contributed by atoms with E-state index >= 15 is 0 Å². The monoisotopic (exact) mass is 710 g/mol. The van der Waals surface area contributed by atoms with Crippen LogP contribution in [0.5, 0.6) is 17.2 Å². The molecular weight excluding hydrogens is 656 g/mol. The van der Waals surface area contributed by atoms with Crippen molar-refractivity contribution in [2.24, 2.45) is 5.92 Å². The van der Waals surface area contributed by atoms with E-state index in [9.17, 15) is 9.59 Å². The van der Waals surface area contributed by atoms with Gasteiger partial charge in [0.2, 0.25) is 11.7 Å². The quantitative estimate of drug-likeness (QED) is 0.0952. The Morgan fingerprint density at radius 1 is 0.923 bits per heavy atom. The summed E-state index contributed by atoms with van der Waals surface area (Å²) in [5, 5.41) is 0. The number of amides is 1. The summed E-state index contributed by atoms with van der Waals surface area (Å²) in [6, 6.07) is 22.0. The van der Waals surface area contributed by atoms with Crippen molar-refractivity contribution in [3.63, 3.8) is 0 Å². The van der Waals surface area contributed by atoms with Crippen LogP contribution >= 0.6 is 0 Å². The molecule has 278 valence electrons. The van der Waals surface area contributed by atoms with Crippen LogP contribution in [0.2, 0.25) is 0 Å². The SMILES string of the molecule is CCOCCn1c(C(=O)C2CCN(CCC3(c4ccc(OC)c(OC)c4)CCN(C(=O)Cc4cccc(OC(C)C)c4)C3)CC2)nc2ccccc21. The summed E-state index contributed by atoms with van der Waals surface area (Å²) in [6.07, 6.45) is 3.73. The van der Waals surface area contributed by atoms with Gasteiger partial charge in [0.05, 0.1) is 44.4 Å². The number of methoxy groups -OCH3 is 2. The van der Waals surface area contributed by atoms with Gasteiger partial charge >= 0.3 is 0 Å². The summed E-state index contributed by atoms with van der Waals surface area (Å²) in [5.74, 6) is 2.89. The van der Waals surface area contributed by atoms with Crippen LogP contribution in [-0.2, 0) is 27.9 Å². The topological polar surface area (TPSA) is 95.4 Å². The minimum atomic E-state index is -0.240. The average Bonchev–Trinajstić information content (AvgIpc) is 3.77. The number of aromatic nitrogens is 2. The average molecular weight is 711 g/mol. The Labute approximate surface area is 308 Å². The molecule has 3 aromatic carbocycles. The summed E-state index contributed by atoms with van der Waals surface area (Å²) in [5.41, 5.74) is 3.69. The van der Waals surface area contributed by atoms with Crippen molar-refractivity contribution in [3.05, 3.63) is 83.7 Å². The van der Waals surface area contributed by atoms with Gasteiger partial charge in [0.1, 0.15) is 5.75 Å². The molecule has 0 bridgehead atoms. The van der Waals surface area contributed by atoms with Crippen LogP contribution in [0.3, 0.4) is 0 Å². The Morgan fingerprint density at radius 2 is 1.71 bits per heavy atom. The molecule has 0 saturated carbocycles. The fourth-order valence-corrected chi connectivity index (χ4v) is 7.89. The van der Waals surface area contributed by atoms with Crippen molar-refractivity contribution in [1.29, 1.82) is 0 Å². The molecule has 0 radical (unpaired) electrons. The maximum Gasteiger partial charge on any atom is 0.227 e. The number of ketones is 1. The van der Waals surface area contributed by atoms with Crippen molar-refractivity contribution in [3.8, 4) is 17.2 Å². The molecule has 3 heterocycles. The van der Waals surface area contributed by atoms with Gasteiger partial charge in [0, 0.05) is 37.6 Å². The van der Waals surface area contributed by atoms with Gasteiger partial charge in [-0.3, -0.25) is 9.59 Å². The van der Waals surface area contributed by atoms with Gasteiger partial charge in [-0.15, -0.1) is 0 Å². The number of Topliss-reactive ketones (excluding diaryl/α,β-unsaturated/α-hetero) is 1. The molecule has 2 saturated heterocycles. The summed E-state index contributed by atoms with van der Waals surface area (Å²) in [6.45, 7) is 11.7. The van der Waals surface area contributed by atoms with Gasteiger partial charge in [-0.2, -0.15) is 0 Å². The highest BCUT2D eigenvalue weighted by molar-refractivity contribution is 5.98. The van der Waals surface area contributed by atoms with Crippen molar-refractivity contribution < 1.29 is 28.5 Å². The largest absolute Gasteiger partial charge is 0.493 e. The maximum absolute atomic E-state index is 13.9. The smallest absolute Gasteiger partial charge is 0.227 e. The molecular formula is C42H54N4O6. The maximum atomic E-state index is 13.9. The Kier molecular flexibility index (Phi) is 12.2. The Balaban J connectivity index is 1.13. The number of hydrogen-bond acceptors (Lipinski definition) is 8. The van der Waals surface area contributed by atoms with Crippen LogP contribution in [-0.4, -0.2) is 97.3 Å². The molecule has 4 aromatic rings. The van der Waals surface area contributed by atoms with E-state index in [-0.39, 0.29) is 29.1 Å². The number of ether oxygens (including phenoxy) is 4. The second kappa shape index (κ2) is 16.9. The first-order valence-corrected chi connectivity index (χ1v) is 18.8. The summed E-state index contributed by atoms with van der Waals surface area (Å²) < 4.78 is 24.8. The molecule has 1 atom stereocenters. The molecule has 1 aromatic heterocycles. The highest BCUT2D eigenvalue weighted by Gasteiger charge is 2.42. The molecule has 1 amide bonds. The predicted molar refractivity (Wildman–Crippen MR) is 203 cm³/mol. The van der Waals surface area contributed by atoms with E-state index in [0.29, 0.717) is 56.6 Å². The number of rotatable bonds is 16. The van der Waals surface area contributed by atoms with Crippen LogP contribution in [0, 0.1) is 5.92 Å². The van der Waals surface area contributed by atoms with Crippen LogP contribution in [0.4, 0.5) is 0 Å². The highest BCUT2D eigenvalue weighted by Crippen LogP contribution is 2.42. The lowest BCUT2D eigenvalue weighted by Crippen LogP contribution is -2.41. The third-order valence-electron chi connectivity index (χ3n) is 10.7. The highest BCUT2D eigenvalue weighted by atomic mass is 16.5. The fourth-order valence-electron chi connectivity index (χ4n) is 7.89. The second-order valence-corrected chi connectivity index (χ2v) is 14.4. The predicted octanol–water partition coefficient (Wildman–Crippen LogP) is 6.58. The Morgan fingerprint density at radius 3 is 2.46 bits per heavy atom. The number of carbonyl (C=O) groups is 2. The van der Waals surface area contributed by atoms with Gasteiger partial charge in [-0.1, -0.05) is 30.3 Å². The number of hydrogen-bond donors (Lipinski definition) is 0. The van der Waals surface area contributed by atoms with E-state index in [1.807, 2.05) is 84.8 Å². The molecule has 1 unspecified atom stereocenters. The van der Waals surface area contributed by atoms with Gasteiger partial charge in [-0.25, -0.2) is 4.98 Å². The van der Waals surface area contributed by atoms with Crippen molar-refractivity contribution >= 4 is 22.7 Å². The van der Waals surface area contributed by atoms with Crippen molar-refractivity contribution in [1.82, 2.24) is 19.4 Å². The first kappa shape index (κ1) is 37.4. The summed E-state index contributed by atoms with van der Waals surface area (Å²) >= 11 is 0. The number of para-hydroxylation sites is 2. The summed E-state index contributed by atoms with van der Waals surface area (Å²) in [4.78, 5) is 37.0. The Hall–Kier alpha value is -4.41. The lowest BCUT2D eigenvalue weighted by atomic mass is 9.76. The number of piperidine rings is 1. The van der Waals surface area contributed by atoms with Crippen LogP contribution < -0.4 is 14.2 Å². The van der Waals surface area contributed by atoms with Gasteiger partial charge < -0.3 is 33.3 Å². The molecule has 0 N–H and O–H groups in total. The molecule has 2 aliphatic heterocycles. The van der Waals surface area contributed by atoms with Gasteiger partial charge in [-0.05, 0) is 114 Å². The van der Waals surface area contributed by atoms with E-state index in [0.717, 1.165) is 73.2 Å². The van der Waals surface area contributed by atoms with E-state index in [1.165, 1.54) is 0 Å². The van der Waals surface area contributed by atoms with Crippen molar-refractivity contribution in [2.45, 2.75) is 70.9 Å². The Bertz CT molecular complexity index is 1830. The first-order chi connectivity index (χ1) is 25.2. The van der Waals surface area contributed by atoms with E-state index in [4.69, 9.17) is 23.9 Å². The molecule has 0 spiro atoms. The first-order valence-electron chi connectivity index (χ1n) is 18.8. The van der Waals surface area contributed by atoms with E-state index in [2.05, 4.69) is 17.0 Å². The molecule has 2 fully saturated rings. The van der Waals surface area contributed by atoms with E-state index in [1.54, 1.807) is 14.2 Å². The number of carbonyl (C=O) groups excluding carboxylic acids is 2. The van der Waals surface area contributed by atoms with Crippen molar-refractivity contribution in [2.75, 3.05) is 60.2 Å². The lowest BCUT2D eigenvalue weighted by molar-refractivity contribution is -0.129. The minimum absolute atomic E-state index is 0.0669. The third kappa shape index (κ3) is 8.45. The molecule has 52 heavy (non-hydrogen) atoms. The zero-order valence-corrected chi connectivity index (χ0v) is 31.4. The molecule has 10 nitrogen and oxygen atoms in total. The van der Waals surface area contributed by atoms with Gasteiger partial charge in [0.25, 0.3) is 0 Å². The number of nitrogens with zero attached hydrogens (tertiary/aromatic N) is 4. The summed E-state index contributed by atoms with van der Waals surface area (Å²) in [7, 11) is 3.31. The fraction of sp³-hybridized carbons (Fsp3) is 0.500. The lowest BCUT2D eigenvalue weighted by Gasteiger charge is -2.36. The number of benzene rings is 3. The molecule has 2 aliphatic rings. The number of likely N-dealkylation sites (tertiary alicyclic amines) is 2. The molecule has 10 heteroatoms. The van der Waals surface area contributed by atoms with E-state index < -0.39 is 0 Å². The van der Waals surface area contributed by atoms with Gasteiger partial charge in [0.15, 0.2) is 17.3 Å². The normalized spacial score (nSPS) is 18.3. The number of fused-ring (bicyclic) bond motifs is 1. The zero-order chi connectivity index (χ0) is 36.7. The van der Waals surface area contributed by atoms with Crippen LogP contribution in [0.25, 0.3) is 11.0 Å². The minimum Gasteiger partial charge on any atom is -0.493 e. The standard InChI is InChI=1S/C42H54N4O6/c1-6-51-25-24-46-36-13-8-7-12-35(36)43-41(46)40(48)32-16-20-44(21-17-32)22-18-42(33-14-15-37(49-4)38(28-33)50-5)19-23-45(29-42)39(47)27-31-10-9-11-34(26-31)52-30(2)3/h7-15,26,28,30,32H,6,16-25,27,29H2,1-5H3. The molecule has 0 aliphatic carbocycles. The number of imidazole rings is 1. The van der Waals surface area contributed by atoms with Crippen LogP contribution in [0.1, 0.15) is 68.2 Å². The second-order valence-electron chi connectivity index (χ2n) is 14.4. The molecule has 6 rings (SSSR count).